The van der Waals surface area contributed by atoms with E-state index in [0.717, 1.165) is 62.0 Å². The van der Waals surface area contributed by atoms with Gasteiger partial charge >= 0.3 is 0 Å². The molecule has 0 radical (unpaired) electrons. The van der Waals surface area contributed by atoms with E-state index in [1.165, 1.54) is 16.7 Å². The first-order valence-electron chi connectivity index (χ1n) is 10.4. The average Bonchev–Trinajstić information content (AvgIpc) is 2.80. The van der Waals surface area contributed by atoms with Crippen LogP contribution in [0.1, 0.15) is 35.6 Å². The van der Waals surface area contributed by atoms with Gasteiger partial charge in [0.1, 0.15) is 0 Å². The topological polar surface area (TPSA) is 58.2 Å². The highest BCUT2D eigenvalue weighted by molar-refractivity contribution is 5.85. The monoisotopic (exact) mass is 449 g/mol. The molecule has 2 heterocycles. The average molecular weight is 450 g/mol. The lowest BCUT2D eigenvalue weighted by Gasteiger charge is -2.45. The van der Waals surface area contributed by atoms with Crippen LogP contribution >= 0.6 is 12.4 Å². The van der Waals surface area contributed by atoms with Crippen molar-refractivity contribution in [2.24, 2.45) is 0 Å². The molecular weight excluding hydrogens is 418 g/mol. The summed E-state index contributed by atoms with van der Waals surface area (Å²) >= 11 is 0. The van der Waals surface area contributed by atoms with Crippen LogP contribution < -0.4 is 24.3 Å². The standard InChI is InChI=1S/C24H31NO5.ClH/c1-26-20-6-5-16(12-21(20)27-2)11-19-17-13-22(28-3)23(29-4)14-18(17)24(15-25-19)7-9-30-10-8-24;/h5-6,12-14,19,25H,7-11,15H2,1-4H3;1H. The Bertz CT molecular complexity index is 898. The largest absolute Gasteiger partial charge is 0.493 e. The van der Waals surface area contributed by atoms with Gasteiger partial charge in [0.05, 0.1) is 28.4 Å². The number of halogens is 1. The lowest BCUT2D eigenvalue weighted by atomic mass is 9.68. The van der Waals surface area contributed by atoms with Gasteiger partial charge in [-0.3, -0.25) is 0 Å². The lowest BCUT2D eigenvalue weighted by Crippen LogP contribution is -2.49. The molecule has 2 aliphatic heterocycles. The molecule has 0 bridgehead atoms. The number of methoxy groups -OCH3 is 4. The van der Waals surface area contributed by atoms with Crippen LogP contribution in [-0.2, 0) is 16.6 Å². The Kier molecular flexibility index (Phi) is 7.57. The third kappa shape index (κ3) is 4.43. The zero-order valence-electron chi connectivity index (χ0n) is 18.7. The number of rotatable bonds is 6. The Labute approximate surface area is 190 Å². The van der Waals surface area contributed by atoms with Crippen molar-refractivity contribution in [2.45, 2.75) is 30.7 Å². The third-order valence-electron chi connectivity index (χ3n) is 6.53. The molecule has 1 atom stereocenters. The van der Waals surface area contributed by atoms with Crippen molar-refractivity contribution in [3.8, 4) is 23.0 Å². The van der Waals surface area contributed by atoms with Crippen molar-refractivity contribution in [3.05, 3.63) is 47.0 Å². The molecule has 0 saturated carbocycles. The van der Waals surface area contributed by atoms with Gasteiger partial charge in [-0.15, -0.1) is 12.4 Å². The summed E-state index contributed by atoms with van der Waals surface area (Å²) in [7, 11) is 6.71. The molecule has 170 valence electrons. The normalized spacial score (nSPS) is 19.2. The number of ether oxygens (including phenoxy) is 5. The van der Waals surface area contributed by atoms with Gasteiger partial charge in [-0.25, -0.2) is 0 Å². The predicted octanol–water partition coefficient (Wildman–Crippen LogP) is 4.08. The van der Waals surface area contributed by atoms with E-state index < -0.39 is 0 Å². The highest BCUT2D eigenvalue weighted by Crippen LogP contribution is 2.46. The van der Waals surface area contributed by atoms with E-state index >= 15 is 0 Å². The van der Waals surface area contributed by atoms with Gasteiger partial charge in [0.15, 0.2) is 23.0 Å². The highest BCUT2D eigenvalue weighted by Gasteiger charge is 2.41. The molecule has 0 aliphatic carbocycles. The first-order valence-corrected chi connectivity index (χ1v) is 10.4. The summed E-state index contributed by atoms with van der Waals surface area (Å²) in [4.78, 5) is 0. The highest BCUT2D eigenvalue weighted by atomic mass is 35.5. The molecule has 6 nitrogen and oxygen atoms in total. The maximum Gasteiger partial charge on any atom is 0.161 e. The summed E-state index contributed by atoms with van der Waals surface area (Å²) in [6, 6.07) is 10.6. The quantitative estimate of drug-likeness (QED) is 0.717. The summed E-state index contributed by atoms with van der Waals surface area (Å²) < 4.78 is 27.8. The molecule has 4 rings (SSSR count). The molecule has 31 heavy (non-hydrogen) atoms. The Morgan fingerprint density at radius 2 is 1.48 bits per heavy atom. The zero-order valence-corrected chi connectivity index (χ0v) is 19.5. The second kappa shape index (κ2) is 9.98. The summed E-state index contributed by atoms with van der Waals surface area (Å²) in [5, 5.41) is 3.82. The van der Waals surface area contributed by atoms with E-state index in [-0.39, 0.29) is 23.9 Å². The summed E-state index contributed by atoms with van der Waals surface area (Å²) in [5.41, 5.74) is 3.89. The van der Waals surface area contributed by atoms with E-state index in [9.17, 15) is 0 Å². The minimum Gasteiger partial charge on any atom is -0.493 e. The number of hydrogen-bond donors (Lipinski definition) is 1. The van der Waals surface area contributed by atoms with E-state index in [4.69, 9.17) is 23.7 Å². The molecule has 1 saturated heterocycles. The number of hydrogen-bond acceptors (Lipinski definition) is 6. The second-order valence-corrected chi connectivity index (χ2v) is 8.01. The minimum absolute atomic E-state index is 0. The molecular formula is C24H32ClNO5. The number of benzene rings is 2. The van der Waals surface area contributed by atoms with Gasteiger partial charge in [-0.2, -0.15) is 0 Å². The maximum atomic E-state index is 5.67. The molecule has 2 aliphatic rings. The van der Waals surface area contributed by atoms with Gasteiger partial charge in [0, 0.05) is 31.2 Å². The fourth-order valence-corrected chi connectivity index (χ4v) is 4.80. The van der Waals surface area contributed by atoms with E-state index in [1.807, 2.05) is 6.07 Å². The van der Waals surface area contributed by atoms with Crippen molar-refractivity contribution < 1.29 is 23.7 Å². The van der Waals surface area contributed by atoms with Crippen LogP contribution in [0.2, 0.25) is 0 Å². The molecule has 2 aromatic carbocycles. The van der Waals surface area contributed by atoms with E-state index in [0.29, 0.717) is 0 Å². The first kappa shape index (κ1) is 23.5. The van der Waals surface area contributed by atoms with Crippen LogP contribution in [0.5, 0.6) is 23.0 Å². The van der Waals surface area contributed by atoms with Gasteiger partial charge in [0.25, 0.3) is 0 Å². The van der Waals surface area contributed by atoms with E-state index in [1.54, 1.807) is 28.4 Å². The van der Waals surface area contributed by atoms with Gasteiger partial charge in [-0.05, 0) is 60.2 Å². The first-order chi connectivity index (χ1) is 14.6. The Morgan fingerprint density at radius 1 is 0.871 bits per heavy atom. The van der Waals surface area contributed by atoms with Crippen molar-refractivity contribution >= 4 is 12.4 Å². The molecule has 0 amide bonds. The molecule has 1 spiro atoms. The smallest absolute Gasteiger partial charge is 0.161 e. The van der Waals surface area contributed by atoms with Crippen molar-refractivity contribution in [1.29, 1.82) is 0 Å². The Balaban J connectivity index is 0.00000272. The van der Waals surface area contributed by atoms with Gasteiger partial charge in [-0.1, -0.05) is 6.07 Å². The molecule has 1 fully saturated rings. The van der Waals surface area contributed by atoms with Gasteiger partial charge in [0.2, 0.25) is 0 Å². The SMILES string of the molecule is COc1ccc(CC2NCC3(CCOCC3)c3cc(OC)c(OC)cc32)cc1OC.Cl. The minimum atomic E-state index is 0. The molecule has 1 unspecified atom stereocenters. The number of nitrogens with one attached hydrogen (secondary N) is 1. The van der Waals surface area contributed by atoms with Crippen LogP contribution in [0, 0.1) is 0 Å². The van der Waals surface area contributed by atoms with Crippen LogP contribution in [0.25, 0.3) is 0 Å². The van der Waals surface area contributed by atoms with Crippen molar-refractivity contribution in [2.75, 3.05) is 48.2 Å². The Hall–Kier alpha value is -2.15. The summed E-state index contributed by atoms with van der Waals surface area (Å²) in [5.74, 6) is 3.04. The zero-order chi connectivity index (χ0) is 21.1. The molecule has 1 N–H and O–H groups in total. The third-order valence-corrected chi connectivity index (χ3v) is 6.53. The van der Waals surface area contributed by atoms with Gasteiger partial charge < -0.3 is 29.0 Å². The fourth-order valence-electron chi connectivity index (χ4n) is 4.80. The molecule has 2 aromatic rings. The lowest BCUT2D eigenvalue weighted by molar-refractivity contribution is 0.0451. The van der Waals surface area contributed by atoms with Crippen molar-refractivity contribution in [1.82, 2.24) is 5.32 Å². The maximum absolute atomic E-state index is 5.67. The van der Waals surface area contributed by atoms with Crippen LogP contribution in [0.4, 0.5) is 0 Å². The molecule has 7 heteroatoms. The number of fused-ring (bicyclic) bond motifs is 2. The predicted molar refractivity (Wildman–Crippen MR) is 123 cm³/mol. The van der Waals surface area contributed by atoms with Crippen LogP contribution in [-0.4, -0.2) is 48.2 Å². The summed E-state index contributed by atoms with van der Waals surface area (Å²) in [6.07, 6.45) is 2.85. The molecule has 0 aromatic heterocycles. The second-order valence-electron chi connectivity index (χ2n) is 8.01. The van der Waals surface area contributed by atoms with Crippen LogP contribution in [0.15, 0.2) is 30.3 Å². The van der Waals surface area contributed by atoms with Crippen LogP contribution in [0.3, 0.4) is 0 Å². The fraction of sp³-hybridized carbons (Fsp3) is 0.500. The summed E-state index contributed by atoms with van der Waals surface area (Å²) in [6.45, 7) is 2.50. The van der Waals surface area contributed by atoms with E-state index in [2.05, 4.69) is 29.6 Å². The Morgan fingerprint density at radius 3 is 2.13 bits per heavy atom. The van der Waals surface area contributed by atoms with Crippen molar-refractivity contribution in [3.63, 3.8) is 0 Å².